The Morgan fingerprint density at radius 3 is 2.58 bits per heavy atom. The molecule has 0 aliphatic heterocycles. The van der Waals surface area contributed by atoms with Crippen LogP contribution in [-0.2, 0) is 13.7 Å². The van der Waals surface area contributed by atoms with Crippen LogP contribution in [0.5, 0.6) is 5.75 Å². The van der Waals surface area contributed by atoms with Gasteiger partial charge < -0.3 is 4.74 Å². The van der Waals surface area contributed by atoms with Gasteiger partial charge in [-0.1, -0.05) is 18.2 Å². The molecule has 8 nitrogen and oxygen atoms in total. The Bertz CT molecular complexity index is 905. The molecule has 3 aromatic rings. The SMILES string of the molecule is Cc1ccccc1OCc1c(-n2nnn(C)c2=O)cnn1C(C)C. The van der Waals surface area contributed by atoms with Crippen molar-refractivity contribution in [1.29, 1.82) is 0 Å². The Kier molecular flexibility index (Phi) is 4.20. The van der Waals surface area contributed by atoms with E-state index in [1.165, 1.54) is 9.36 Å². The first-order chi connectivity index (χ1) is 11.5. The Labute approximate surface area is 139 Å². The molecule has 126 valence electrons. The van der Waals surface area contributed by atoms with Crippen LogP contribution in [0.15, 0.2) is 35.3 Å². The van der Waals surface area contributed by atoms with Crippen molar-refractivity contribution >= 4 is 0 Å². The fourth-order valence-corrected chi connectivity index (χ4v) is 2.47. The lowest BCUT2D eigenvalue weighted by molar-refractivity contribution is 0.285. The zero-order valence-electron chi connectivity index (χ0n) is 14.2. The molecule has 0 saturated carbocycles. The molecule has 24 heavy (non-hydrogen) atoms. The van der Waals surface area contributed by atoms with Crippen molar-refractivity contribution in [2.24, 2.45) is 7.05 Å². The number of hydrogen-bond donors (Lipinski definition) is 0. The number of benzene rings is 1. The molecular formula is C16H20N6O2. The van der Waals surface area contributed by atoms with Gasteiger partial charge in [0.2, 0.25) is 0 Å². The summed E-state index contributed by atoms with van der Waals surface area (Å²) in [6, 6.07) is 7.92. The van der Waals surface area contributed by atoms with Gasteiger partial charge in [0.15, 0.2) is 0 Å². The standard InChI is InChI=1S/C16H20N6O2/c1-11(2)21-14(10-24-15-8-6-5-7-12(15)3)13(9-17-21)22-16(23)20(4)18-19-22/h5-9,11H,10H2,1-4H3. The van der Waals surface area contributed by atoms with Crippen molar-refractivity contribution in [3.8, 4) is 11.4 Å². The number of rotatable bonds is 5. The topological polar surface area (TPSA) is 79.8 Å². The van der Waals surface area contributed by atoms with Gasteiger partial charge >= 0.3 is 5.69 Å². The van der Waals surface area contributed by atoms with Crippen LogP contribution in [0.4, 0.5) is 0 Å². The van der Waals surface area contributed by atoms with Gasteiger partial charge in [-0.2, -0.15) is 14.5 Å². The number of para-hydroxylation sites is 1. The van der Waals surface area contributed by atoms with Crippen molar-refractivity contribution in [3.05, 3.63) is 52.2 Å². The van der Waals surface area contributed by atoms with Gasteiger partial charge in [-0.15, -0.1) is 0 Å². The lowest BCUT2D eigenvalue weighted by atomic mass is 10.2. The maximum Gasteiger partial charge on any atom is 0.368 e. The lowest BCUT2D eigenvalue weighted by Gasteiger charge is -2.14. The molecule has 0 fully saturated rings. The van der Waals surface area contributed by atoms with Crippen LogP contribution in [-0.4, -0.2) is 29.6 Å². The summed E-state index contributed by atoms with van der Waals surface area (Å²) in [7, 11) is 1.56. The van der Waals surface area contributed by atoms with Gasteiger partial charge in [0.1, 0.15) is 23.7 Å². The molecule has 0 atom stereocenters. The number of ether oxygens (including phenoxy) is 1. The summed E-state index contributed by atoms with van der Waals surface area (Å²) >= 11 is 0. The molecule has 0 amide bonds. The number of nitrogens with zero attached hydrogens (tertiary/aromatic N) is 6. The molecule has 2 heterocycles. The fraction of sp³-hybridized carbons (Fsp3) is 0.375. The van der Waals surface area contributed by atoms with Crippen molar-refractivity contribution in [2.45, 2.75) is 33.4 Å². The first kappa shape index (κ1) is 16.0. The monoisotopic (exact) mass is 328 g/mol. The molecule has 3 rings (SSSR count). The highest BCUT2D eigenvalue weighted by Gasteiger charge is 2.19. The lowest BCUT2D eigenvalue weighted by Crippen LogP contribution is -2.23. The largest absolute Gasteiger partial charge is 0.487 e. The van der Waals surface area contributed by atoms with Crippen LogP contribution in [0, 0.1) is 6.92 Å². The van der Waals surface area contributed by atoms with Gasteiger partial charge in [-0.05, 0) is 42.8 Å². The van der Waals surface area contributed by atoms with E-state index in [9.17, 15) is 4.79 Å². The average Bonchev–Trinajstić information content (AvgIpc) is 3.11. The Balaban J connectivity index is 1.99. The first-order valence-corrected chi connectivity index (χ1v) is 7.73. The highest BCUT2D eigenvalue weighted by Crippen LogP contribution is 2.21. The smallest absolute Gasteiger partial charge is 0.368 e. The third-order valence-electron chi connectivity index (χ3n) is 3.77. The predicted molar refractivity (Wildman–Crippen MR) is 88.3 cm³/mol. The minimum atomic E-state index is -0.324. The van der Waals surface area contributed by atoms with E-state index < -0.39 is 0 Å². The van der Waals surface area contributed by atoms with Crippen molar-refractivity contribution in [1.82, 2.24) is 29.6 Å². The molecule has 0 saturated heterocycles. The summed E-state index contributed by atoms with van der Waals surface area (Å²) in [5.74, 6) is 0.798. The highest BCUT2D eigenvalue weighted by molar-refractivity contribution is 5.35. The minimum absolute atomic E-state index is 0.126. The maximum atomic E-state index is 12.2. The van der Waals surface area contributed by atoms with Crippen molar-refractivity contribution in [3.63, 3.8) is 0 Å². The second-order valence-electron chi connectivity index (χ2n) is 5.87. The number of aromatic nitrogens is 6. The summed E-state index contributed by atoms with van der Waals surface area (Å²) in [4.78, 5) is 12.2. The number of hydrogen-bond acceptors (Lipinski definition) is 5. The summed E-state index contributed by atoms with van der Waals surface area (Å²) in [6.45, 7) is 6.31. The Morgan fingerprint density at radius 1 is 1.21 bits per heavy atom. The molecule has 0 aliphatic rings. The van der Waals surface area contributed by atoms with E-state index in [-0.39, 0.29) is 18.3 Å². The highest BCUT2D eigenvalue weighted by atomic mass is 16.5. The number of aryl methyl sites for hydroxylation is 2. The van der Waals surface area contributed by atoms with E-state index in [2.05, 4.69) is 15.5 Å². The van der Waals surface area contributed by atoms with Gasteiger partial charge in [-0.25, -0.2) is 4.79 Å². The van der Waals surface area contributed by atoms with E-state index >= 15 is 0 Å². The van der Waals surface area contributed by atoms with Gasteiger partial charge in [0.25, 0.3) is 0 Å². The molecular weight excluding hydrogens is 308 g/mol. The first-order valence-electron chi connectivity index (χ1n) is 7.73. The second kappa shape index (κ2) is 6.31. The fourth-order valence-electron chi connectivity index (χ4n) is 2.47. The summed E-state index contributed by atoms with van der Waals surface area (Å²) in [5, 5.41) is 12.0. The molecule has 2 aromatic heterocycles. The van der Waals surface area contributed by atoms with Gasteiger partial charge in [0.05, 0.1) is 6.20 Å². The zero-order valence-corrected chi connectivity index (χ0v) is 14.2. The van der Waals surface area contributed by atoms with Crippen LogP contribution in [0.2, 0.25) is 0 Å². The normalized spacial score (nSPS) is 11.2. The van der Waals surface area contributed by atoms with E-state index in [0.717, 1.165) is 17.0 Å². The van der Waals surface area contributed by atoms with E-state index in [0.29, 0.717) is 5.69 Å². The third kappa shape index (κ3) is 2.82. The number of tetrazole rings is 1. The van der Waals surface area contributed by atoms with Crippen LogP contribution in [0.25, 0.3) is 5.69 Å². The van der Waals surface area contributed by atoms with Gasteiger partial charge in [0, 0.05) is 13.1 Å². The predicted octanol–water partition coefficient (Wildman–Crippen LogP) is 1.63. The van der Waals surface area contributed by atoms with E-state index in [1.807, 2.05) is 49.7 Å². The van der Waals surface area contributed by atoms with Gasteiger partial charge in [-0.3, -0.25) is 4.68 Å². The third-order valence-corrected chi connectivity index (χ3v) is 3.77. The molecule has 0 aliphatic carbocycles. The Hall–Kier alpha value is -2.90. The molecule has 0 unspecified atom stereocenters. The zero-order chi connectivity index (χ0) is 17.3. The van der Waals surface area contributed by atoms with Crippen molar-refractivity contribution < 1.29 is 4.74 Å². The van der Waals surface area contributed by atoms with Crippen LogP contribution >= 0.6 is 0 Å². The van der Waals surface area contributed by atoms with Crippen LogP contribution in [0.1, 0.15) is 31.1 Å². The van der Waals surface area contributed by atoms with Crippen LogP contribution < -0.4 is 10.4 Å². The van der Waals surface area contributed by atoms with Crippen LogP contribution in [0.3, 0.4) is 0 Å². The summed E-state index contributed by atoms with van der Waals surface area (Å²) in [6.07, 6.45) is 1.62. The quantitative estimate of drug-likeness (QED) is 0.711. The molecule has 0 radical (unpaired) electrons. The second-order valence-corrected chi connectivity index (χ2v) is 5.87. The maximum absolute atomic E-state index is 12.2. The molecule has 0 N–H and O–H groups in total. The van der Waals surface area contributed by atoms with E-state index in [1.54, 1.807) is 13.2 Å². The van der Waals surface area contributed by atoms with E-state index in [4.69, 9.17) is 4.74 Å². The van der Waals surface area contributed by atoms with Crippen molar-refractivity contribution in [2.75, 3.05) is 0 Å². The Morgan fingerprint density at radius 2 is 1.96 bits per heavy atom. The summed E-state index contributed by atoms with van der Waals surface area (Å²) in [5.41, 5.74) is 2.08. The molecule has 8 heteroatoms. The molecule has 0 bridgehead atoms. The molecule has 0 spiro atoms. The average molecular weight is 328 g/mol. The molecule has 1 aromatic carbocycles. The summed E-state index contributed by atoms with van der Waals surface area (Å²) < 4.78 is 10.2. The minimum Gasteiger partial charge on any atom is -0.487 e.